The topological polar surface area (TPSA) is 78.3 Å². The minimum absolute atomic E-state index is 0.0549. The van der Waals surface area contributed by atoms with Crippen LogP contribution >= 0.6 is 11.3 Å². The molecule has 0 aliphatic rings. The summed E-state index contributed by atoms with van der Waals surface area (Å²) in [4.78, 5) is 20.7. The second-order valence-corrected chi connectivity index (χ2v) is 6.98. The number of aryl methyl sites for hydroxylation is 1. The number of nitrogens with one attached hydrogen (secondary N) is 1. The monoisotopic (exact) mass is 456 g/mol. The van der Waals surface area contributed by atoms with Crippen molar-refractivity contribution < 1.29 is 31.8 Å². The Morgan fingerprint density at radius 2 is 2.03 bits per heavy atom. The lowest BCUT2D eigenvalue weighted by Gasteiger charge is -2.10. The largest absolute Gasteiger partial charge is 0.493 e. The minimum atomic E-state index is -2.99. The van der Waals surface area contributed by atoms with Crippen LogP contribution in [0.4, 0.5) is 22.7 Å². The molecular formula is C19H16F4N4O3S. The molecule has 12 heteroatoms. The van der Waals surface area contributed by atoms with E-state index in [-0.39, 0.29) is 22.5 Å². The van der Waals surface area contributed by atoms with E-state index in [0.29, 0.717) is 20.7 Å². The van der Waals surface area contributed by atoms with Crippen molar-refractivity contribution in [1.82, 2.24) is 14.5 Å². The van der Waals surface area contributed by atoms with Crippen LogP contribution in [-0.2, 0) is 4.79 Å². The first-order valence-corrected chi connectivity index (χ1v) is 9.51. The fourth-order valence-corrected chi connectivity index (χ4v) is 3.57. The molecule has 0 aliphatic carbocycles. The number of hydrogen-bond donors (Lipinski definition) is 1. The molecule has 0 saturated carbocycles. The van der Waals surface area contributed by atoms with Crippen molar-refractivity contribution in [3.8, 4) is 22.2 Å². The Morgan fingerprint density at radius 3 is 2.71 bits per heavy atom. The highest BCUT2D eigenvalue weighted by atomic mass is 32.1. The second-order valence-electron chi connectivity index (χ2n) is 5.98. The molecule has 0 unspecified atom stereocenters. The Hall–Kier alpha value is -3.41. The van der Waals surface area contributed by atoms with Crippen molar-refractivity contribution in [3.63, 3.8) is 0 Å². The molecule has 0 radical (unpaired) electrons. The molecule has 0 atom stereocenters. The molecule has 1 aromatic carbocycles. The van der Waals surface area contributed by atoms with Crippen LogP contribution in [0.25, 0.3) is 16.8 Å². The number of benzene rings is 1. The fourth-order valence-electron chi connectivity index (χ4n) is 2.60. The van der Waals surface area contributed by atoms with E-state index in [4.69, 9.17) is 4.74 Å². The number of halogens is 4. The van der Waals surface area contributed by atoms with E-state index < -0.39 is 19.1 Å². The average Bonchev–Trinajstić information content (AvgIpc) is 3.33. The van der Waals surface area contributed by atoms with Gasteiger partial charge >= 0.3 is 13.2 Å². The SMILES string of the molecule is COc1cc(/C=C/C(=O)Nc2nc(C)c(-c3nccn3C(F)F)s2)ccc1OC(F)F. The summed E-state index contributed by atoms with van der Waals surface area (Å²) in [6.07, 6.45) is 5.06. The molecule has 0 fully saturated rings. The van der Waals surface area contributed by atoms with Crippen LogP contribution in [0, 0.1) is 6.92 Å². The number of rotatable bonds is 8. The number of thiazole rings is 1. The summed E-state index contributed by atoms with van der Waals surface area (Å²) in [6.45, 7) is -4.13. The molecule has 31 heavy (non-hydrogen) atoms. The number of amides is 1. The van der Waals surface area contributed by atoms with Crippen LogP contribution in [0.3, 0.4) is 0 Å². The van der Waals surface area contributed by atoms with Crippen molar-refractivity contribution in [2.24, 2.45) is 0 Å². The molecule has 7 nitrogen and oxygen atoms in total. The summed E-state index contributed by atoms with van der Waals surface area (Å²) >= 11 is 1.01. The Bertz CT molecular complexity index is 1100. The fraction of sp³-hybridized carbons (Fsp3) is 0.211. The van der Waals surface area contributed by atoms with Gasteiger partial charge in [-0.15, -0.1) is 0 Å². The van der Waals surface area contributed by atoms with Crippen LogP contribution in [0.1, 0.15) is 17.8 Å². The van der Waals surface area contributed by atoms with E-state index in [1.54, 1.807) is 6.92 Å². The van der Waals surface area contributed by atoms with E-state index in [2.05, 4.69) is 20.0 Å². The third-order valence-corrected chi connectivity index (χ3v) is 5.01. The lowest BCUT2D eigenvalue weighted by Crippen LogP contribution is -2.07. The van der Waals surface area contributed by atoms with Gasteiger partial charge in [0.1, 0.15) is 0 Å². The quantitative estimate of drug-likeness (QED) is 0.383. The Balaban J connectivity index is 1.71. The lowest BCUT2D eigenvalue weighted by atomic mass is 10.2. The van der Waals surface area contributed by atoms with E-state index in [0.717, 1.165) is 17.5 Å². The van der Waals surface area contributed by atoms with E-state index in [9.17, 15) is 22.4 Å². The molecule has 164 valence electrons. The van der Waals surface area contributed by atoms with Crippen LogP contribution in [-0.4, -0.2) is 34.2 Å². The number of hydrogen-bond acceptors (Lipinski definition) is 6. The zero-order chi connectivity index (χ0) is 22.5. The van der Waals surface area contributed by atoms with Gasteiger partial charge in [-0.25, -0.2) is 9.97 Å². The molecule has 0 aliphatic heterocycles. The molecule has 0 spiro atoms. The first kappa shape index (κ1) is 22.3. The third-order valence-electron chi connectivity index (χ3n) is 3.94. The number of aromatic nitrogens is 3. The molecular weight excluding hydrogens is 440 g/mol. The number of methoxy groups -OCH3 is 1. The van der Waals surface area contributed by atoms with Gasteiger partial charge in [0.2, 0.25) is 5.91 Å². The van der Waals surface area contributed by atoms with Gasteiger partial charge in [0, 0.05) is 18.5 Å². The number of carbonyl (C=O) groups excluding carboxylic acids is 1. The van der Waals surface area contributed by atoms with E-state index >= 15 is 0 Å². The zero-order valence-corrected chi connectivity index (χ0v) is 17.0. The van der Waals surface area contributed by atoms with Crippen molar-refractivity contribution in [3.05, 3.63) is 47.9 Å². The number of ether oxygens (including phenoxy) is 2. The Labute approximate surface area is 178 Å². The van der Waals surface area contributed by atoms with E-state index in [1.165, 1.54) is 43.7 Å². The minimum Gasteiger partial charge on any atom is -0.493 e. The van der Waals surface area contributed by atoms with Crippen molar-refractivity contribution >= 4 is 28.5 Å². The molecule has 1 amide bonds. The zero-order valence-electron chi connectivity index (χ0n) is 16.2. The van der Waals surface area contributed by atoms with Gasteiger partial charge in [-0.3, -0.25) is 14.7 Å². The molecule has 3 rings (SSSR count). The number of alkyl halides is 4. The van der Waals surface area contributed by atoms with E-state index in [1.807, 2.05) is 0 Å². The van der Waals surface area contributed by atoms with Gasteiger partial charge < -0.3 is 9.47 Å². The molecule has 2 heterocycles. The maximum absolute atomic E-state index is 13.1. The van der Waals surface area contributed by atoms with Gasteiger partial charge in [0.15, 0.2) is 22.5 Å². The highest BCUT2D eigenvalue weighted by Crippen LogP contribution is 2.33. The van der Waals surface area contributed by atoms with Gasteiger partial charge in [0.25, 0.3) is 0 Å². The maximum atomic E-state index is 13.1. The second kappa shape index (κ2) is 9.60. The molecule has 0 saturated heterocycles. The smallest absolute Gasteiger partial charge is 0.387 e. The summed E-state index contributed by atoms with van der Waals surface area (Å²) in [5.41, 5.74) is 0.945. The predicted octanol–water partition coefficient (Wildman–Crippen LogP) is 4.97. The molecule has 1 N–H and O–H groups in total. The molecule has 0 bridgehead atoms. The first-order valence-electron chi connectivity index (χ1n) is 8.69. The standard InChI is InChI=1S/C19H16F4N4O3S/c1-10-15(16-24-7-8-27(16)17(20)21)31-19(25-10)26-14(28)6-4-11-3-5-12(30-18(22)23)13(9-11)29-2/h3-9,17-18H,1-2H3,(H,25,26,28)/b6-4+. The van der Waals surface area contributed by atoms with Crippen LogP contribution in [0.2, 0.25) is 0 Å². The van der Waals surface area contributed by atoms with Crippen LogP contribution in [0.5, 0.6) is 11.5 Å². The number of nitrogens with zero attached hydrogens (tertiary/aromatic N) is 3. The van der Waals surface area contributed by atoms with Crippen molar-refractivity contribution in [2.75, 3.05) is 12.4 Å². The summed E-state index contributed by atoms with van der Waals surface area (Å²) in [6, 6.07) is 4.20. The normalized spacial score (nSPS) is 11.5. The first-order chi connectivity index (χ1) is 14.8. The summed E-state index contributed by atoms with van der Waals surface area (Å²) in [5.74, 6) is -0.520. The number of anilines is 1. The van der Waals surface area contributed by atoms with Gasteiger partial charge in [-0.1, -0.05) is 17.4 Å². The van der Waals surface area contributed by atoms with Gasteiger partial charge in [-0.2, -0.15) is 17.6 Å². The lowest BCUT2D eigenvalue weighted by molar-refractivity contribution is -0.111. The predicted molar refractivity (Wildman–Crippen MR) is 107 cm³/mol. The summed E-state index contributed by atoms with van der Waals surface area (Å²) in [5, 5.41) is 2.76. The highest BCUT2D eigenvalue weighted by Gasteiger charge is 2.19. The van der Waals surface area contributed by atoms with Gasteiger partial charge in [0.05, 0.1) is 17.7 Å². The van der Waals surface area contributed by atoms with Crippen molar-refractivity contribution in [2.45, 2.75) is 20.1 Å². The Kier molecular flexibility index (Phi) is 6.90. The summed E-state index contributed by atoms with van der Waals surface area (Å²) < 4.78 is 61.0. The number of imidazole rings is 1. The highest BCUT2D eigenvalue weighted by molar-refractivity contribution is 7.19. The Morgan fingerprint density at radius 1 is 1.26 bits per heavy atom. The average molecular weight is 456 g/mol. The maximum Gasteiger partial charge on any atom is 0.387 e. The third kappa shape index (κ3) is 5.40. The number of carbonyl (C=O) groups is 1. The van der Waals surface area contributed by atoms with Gasteiger partial charge in [-0.05, 0) is 30.7 Å². The molecule has 3 aromatic rings. The molecule has 2 aromatic heterocycles. The van der Waals surface area contributed by atoms with Crippen LogP contribution < -0.4 is 14.8 Å². The summed E-state index contributed by atoms with van der Waals surface area (Å²) in [7, 11) is 1.30. The van der Waals surface area contributed by atoms with Crippen LogP contribution in [0.15, 0.2) is 36.7 Å². The van der Waals surface area contributed by atoms with Crippen molar-refractivity contribution in [1.29, 1.82) is 0 Å².